The van der Waals surface area contributed by atoms with E-state index in [4.69, 9.17) is 18.6 Å². The number of nitrogens with zero attached hydrogens (tertiary/aromatic N) is 2. The van der Waals surface area contributed by atoms with Crippen LogP contribution in [0.4, 0.5) is 0 Å². The summed E-state index contributed by atoms with van der Waals surface area (Å²) in [5, 5.41) is 1.10. The van der Waals surface area contributed by atoms with Crippen LogP contribution in [0.5, 0.6) is 5.75 Å². The highest BCUT2D eigenvalue weighted by Gasteiger charge is 2.26. The van der Waals surface area contributed by atoms with Crippen LogP contribution in [-0.4, -0.2) is 81.5 Å². The van der Waals surface area contributed by atoms with Crippen molar-refractivity contribution in [2.24, 2.45) is 5.92 Å². The fraction of sp³-hybridized carbons (Fsp3) is 0.444. The lowest BCUT2D eigenvalue weighted by molar-refractivity contribution is 0.0321. The highest BCUT2D eigenvalue weighted by Crippen LogP contribution is 2.24. The summed E-state index contributed by atoms with van der Waals surface area (Å²) < 4.78 is 22.9. The number of ether oxygens (including phenoxy) is 3. The molecule has 5 rings (SSSR count). The Bertz CT molecular complexity index is 1090. The van der Waals surface area contributed by atoms with Crippen LogP contribution in [0.15, 0.2) is 59.2 Å². The molecule has 0 N–H and O–H groups in total. The fourth-order valence-electron chi connectivity index (χ4n) is 4.70. The van der Waals surface area contributed by atoms with Crippen LogP contribution in [-0.2, 0) is 15.9 Å². The van der Waals surface area contributed by atoms with Gasteiger partial charge in [-0.1, -0.05) is 24.3 Å². The van der Waals surface area contributed by atoms with E-state index in [1.807, 2.05) is 35.2 Å². The zero-order valence-electron chi connectivity index (χ0n) is 19.5. The first kappa shape index (κ1) is 22.9. The number of carbonyl (C=O) groups excluding carboxylic acids is 1. The number of hydrogen-bond acceptors (Lipinski definition) is 6. The van der Waals surface area contributed by atoms with Crippen LogP contribution < -0.4 is 4.74 Å². The van der Waals surface area contributed by atoms with Crippen molar-refractivity contribution >= 4 is 16.9 Å². The zero-order chi connectivity index (χ0) is 23.2. The van der Waals surface area contributed by atoms with Crippen LogP contribution in [0.3, 0.4) is 0 Å². The minimum atomic E-state index is -0.000964. The molecule has 180 valence electrons. The predicted molar refractivity (Wildman–Crippen MR) is 129 cm³/mol. The number of para-hydroxylation sites is 1. The molecule has 0 unspecified atom stereocenters. The summed E-state index contributed by atoms with van der Waals surface area (Å²) in [6.07, 6.45) is 2.54. The third kappa shape index (κ3) is 5.60. The maximum Gasteiger partial charge on any atom is 0.257 e. The largest absolute Gasteiger partial charge is 0.491 e. The number of hydrogen-bond donors (Lipinski definition) is 0. The number of carbonyl (C=O) groups is 1. The maximum absolute atomic E-state index is 13.5. The molecule has 1 atom stereocenters. The van der Waals surface area contributed by atoms with Crippen molar-refractivity contribution in [1.29, 1.82) is 0 Å². The molecule has 0 radical (unpaired) electrons. The Labute approximate surface area is 200 Å². The molecule has 2 fully saturated rings. The van der Waals surface area contributed by atoms with Crippen molar-refractivity contribution in [3.8, 4) is 5.75 Å². The standard InChI is InChI=1S/C27H32N2O5/c30-27(24-3-1-2-4-25(24)34-16-10-28-8-13-31-14-9-28)29-11-15-32-20-22(19-29)17-21-5-6-23-7-12-33-26(23)18-21/h1-7,12,18,22H,8-11,13-17,19-20H2/t22-/m1/s1. The molecule has 2 aliphatic heterocycles. The van der Waals surface area contributed by atoms with Crippen molar-refractivity contribution in [3.05, 3.63) is 65.9 Å². The van der Waals surface area contributed by atoms with Crippen molar-refractivity contribution < 1.29 is 23.4 Å². The number of benzene rings is 2. The van der Waals surface area contributed by atoms with Crippen molar-refractivity contribution in [3.63, 3.8) is 0 Å². The van der Waals surface area contributed by atoms with Gasteiger partial charge in [-0.25, -0.2) is 0 Å². The van der Waals surface area contributed by atoms with Gasteiger partial charge < -0.3 is 23.5 Å². The first-order valence-electron chi connectivity index (χ1n) is 12.1. The molecule has 0 saturated carbocycles. The zero-order valence-corrected chi connectivity index (χ0v) is 19.5. The molecule has 1 amide bonds. The minimum absolute atomic E-state index is 0.000964. The van der Waals surface area contributed by atoms with E-state index in [1.165, 1.54) is 5.56 Å². The Balaban J connectivity index is 1.23. The van der Waals surface area contributed by atoms with Gasteiger partial charge in [0, 0.05) is 44.0 Å². The van der Waals surface area contributed by atoms with Gasteiger partial charge in [0.1, 0.15) is 17.9 Å². The summed E-state index contributed by atoms with van der Waals surface area (Å²) in [5.41, 5.74) is 2.70. The Morgan fingerprint density at radius 3 is 2.76 bits per heavy atom. The van der Waals surface area contributed by atoms with E-state index in [-0.39, 0.29) is 11.8 Å². The molecular formula is C27H32N2O5. The van der Waals surface area contributed by atoms with Gasteiger partial charge in [-0.2, -0.15) is 0 Å². The van der Waals surface area contributed by atoms with E-state index in [2.05, 4.69) is 23.1 Å². The van der Waals surface area contributed by atoms with Gasteiger partial charge in [0.15, 0.2) is 0 Å². The quantitative estimate of drug-likeness (QED) is 0.534. The van der Waals surface area contributed by atoms with Crippen LogP contribution in [0.1, 0.15) is 15.9 Å². The second-order valence-corrected chi connectivity index (χ2v) is 8.99. The molecule has 2 saturated heterocycles. The van der Waals surface area contributed by atoms with Gasteiger partial charge in [0.25, 0.3) is 5.91 Å². The third-order valence-electron chi connectivity index (χ3n) is 6.56. The highest BCUT2D eigenvalue weighted by molar-refractivity contribution is 5.97. The lowest BCUT2D eigenvalue weighted by Gasteiger charge is -2.27. The molecular weight excluding hydrogens is 432 g/mol. The number of morpholine rings is 1. The molecule has 0 aliphatic carbocycles. The number of fused-ring (bicyclic) bond motifs is 1. The minimum Gasteiger partial charge on any atom is -0.491 e. The lowest BCUT2D eigenvalue weighted by Crippen LogP contribution is -2.39. The maximum atomic E-state index is 13.5. The molecule has 1 aromatic heterocycles. The summed E-state index contributed by atoms with van der Waals surface area (Å²) in [7, 11) is 0. The van der Waals surface area contributed by atoms with Gasteiger partial charge in [-0.3, -0.25) is 9.69 Å². The van der Waals surface area contributed by atoms with Gasteiger partial charge >= 0.3 is 0 Å². The first-order valence-corrected chi connectivity index (χ1v) is 12.1. The normalized spacial score (nSPS) is 19.8. The summed E-state index contributed by atoms with van der Waals surface area (Å²) in [5.74, 6) is 0.859. The van der Waals surface area contributed by atoms with Gasteiger partial charge in [0.2, 0.25) is 0 Å². The van der Waals surface area contributed by atoms with Crippen LogP contribution in [0.25, 0.3) is 11.0 Å². The van der Waals surface area contributed by atoms with E-state index in [0.717, 1.165) is 50.2 Å². The van der Waals surface area contributed by atoms with Crippen molar-refractivity contribution in [1.82, 2.24) is 9.80 Å². The summed E-state index contributed by atoms with van der Waals surface area (Å²) in [4.78, 5) is 17.8. The van der Waals surface area contributed by atoms with E-state index in [1.54, 1.807) is 6.26 Å². The molecule has 3 heterocycles. The Kier molecular flexibility index (Phi) is 7.43. The highest BCUT2D eigenvalue weighted by atomic mass is 16.5. The molecule has 2 aromatic carbocycles. The van der Waals surface area contributed by atoms with Crippen LogP contribution in [0.2, 0.25) is 0 Å². The fourth-order valence-corrected chi connectivity index (χ4v) is 4.70. The Morgan fingerprint density at radius 2 is 1.85 bits per heavy atom. The van der Waals surface area contributed by atoms with E-state index in [0.29, 0.717) is 44.2 Å². The molecule has 0 spiro atoms. The molecule has 3 aromatic rings. The summed E-state index contributed by atoms with van der Waals surface area (Å²) in [6, 6.07) is 15.8. The molecule has 7 heteroatoms. The smallest absolute Gasteiger partial charge is 0.257 e. The molecule has 2 aliphatic rings. The van der Waals surface area contributed by atoms with E-state index >= 15 is 0 Å². The summed E-state index contributed by atoms with van der Waals surface area (Å²) >= 11 is 0. The second kappa shape index (κ2) is 11.0. The number of rotatable bonds is 7. The average molecular weight is 465 g/mol. The average Bonchev–Trinajstić information content (AvgIpc) is 3.22. The van der Waals surface area contributed by atoms with Crippen molar-refractivity contribution in [2.45, 2.75) is 6.42 Å². The SMILES string of the molecule is O=C(c1ccccc1OCCN1CCOCC1)N1CCOC[C@H](Cc2ccc3ccoc3c2)C1. The second-order valence-electron chi connectivity index (χ2n) is 8.99. The van der Waals surface area contributed by atoms with E-state index in [9.17, 15) is 4.79 Å². The molecule has 7 nitrogen and oxygen atoms in total. The van der Waals surface area contributed by atoms with Gasteiger partial charge in [-0.05, 0) is 36.2 Å². The van der Waals surface area contributed by atoms with Crippen molar-refractivity contribution in [2.75, 3.05) is 65.8 Å². The molecule has 0 bridgehead atoms. The monoisotopic (exact) mass is 464 g/mol. The van der Waals surface area contributed by atoms with E-state index < -0.39 is 0 Å². The van der Waals surface area contributed by atoms with Crippen LogP contribution in [0, 0.1) is 5.92 Å². The topological polar surface area (TPSA) is 64.4 Å². The number of furan rings is 1. The lowest BCUT2D eigenvalue weighted by atomic mass is 9.98. The third-order valence-corrected chi connectivity index (χ3v) is 6.56. The van der Waals surface area contributed by atoms with Gasteiger partial charge in [0.05, 0.1) is 38.3 Å². The van der Waals surface area contributed by atoms with Crippen LogP contribution >= 0.6 is 0 Å². The van der Waals surface area contributed by atoms with Gasteiger partial charge in [-0.15, -0.1) is 0 Å². The number of amides is 1. The Hall–Kier alpha value is -2.87. The first-order chi connectivity index (χ1) is 16.8. The Morgan fingerprint density at radius 1 is 1.00 bits per heavy atom. The molecule has 34 heavy (non-hydrogen) atoms. The predicted octanol–water partition coefficient (Wildman–Crippen LogP) is 3.48. The summed E-state index contributed by atoms with van der Waals surface area (Å²) in [6.45, 7) is 7.16.